The molecule has 1 aromatic heterocycles. The van der Waals surface area contributed by atoms with Crippen molar-refractivity contribution in [2.45, 2.75) is 117 Å². The van der Waals surface area contributed by atoms with Crippen molar-refractivity contribution in [2.75, 3.05) is 39.5 Å². The number of hydrogen-bond donors (Lipinski definition) is 4. The summed E-state index contributed by atoms with van der Waals surface area (Å²) in [6.45, 7) is 14.1. The van der Waals surface area contributed by atoms with Crippen LogP contribution in [0.5, 0.6) is 0 Å². The van der Waals surface area contributed by atoms with Gasteiger partial charge in [0.15, 0.2) is 5.05 Å². The van der Waals surface area contributed by atoms with Crippen molar-refractivity contribution in [1.29, 1.82) is 0 Å². The SMILES string of the molecule is CC(C)CCCCCCOCCCN.CC(C)CCCCCCOCCCN.O=C(O)CC(C(O)=S)c1nc2ccccc2s1. The summed E-state index contributed by atoms with van der Waals surface area (Å²) in [5.41, 5.74) is 11.5. The first-order valence-corrected chi connectivity index (χ1v) is 18.2. The number of aromatic nitrogens is 1. The van der Waals surface area contributed by atoms with Gasteiger partial charge in [0.05, 0.1) is 22.6 Å². The number of thiazole rings is 1. The summed E-state index contributed by atoms with van der Waals surface area (Å²) in [6, 6.07) is 7.48. The van der Waals surface area contributed by atoms with Gasteiger partial charge in [0, 0.05) is 26.4 Å². The van der Waals surface area contributed by atoms with E-state index < -0.39 is 11.9 Å². The summed E-state index contributed by atoms with van der Waals surface area (Å²) in [5.74, 6) is -0.00263. The summed E-state index contributed by atoms with van der Waals surface area (Å²) < 4.78 is 11.8. The third kappa shape index (κ3) is 26.1. The van der Waals surface area contributed by atoms with Crippen LogP contribution in [0.25, 0.3) is 10.2 Å². The lowest BCUT2D eigenvalue weighted by atomic mass is 10.0. The number of rotatable bonds is 24. The van der Waals surface area contributed by atoms with Gasteiger partial charge in [0.25, 0.3) is 0 Å². The zero-order valence-electron chi connectivity index (χ0n) is 28.5. The Kier molecular flexibility index (Phi) is 28.6. The first-order chi connectivity index (χ1) is 21.6. The fraction of sp³-hybridized carbons (Fsp3) is 0.743. The molecule has 0 fully saturated rings. The number of benzene rings is 1. The lowest BCUT2D eigenvalue weighted by Crippen LogP contribution is -2.14. The van der Waals surface area contributed by atoms with E-state index in [4.69, 9.17) is 26.0 Å². The van der Waals surface area contributed by atoms with Crippen LogP contribution in [0.2, 0.25) is 0 Å². The molecule has 0 spiro atoms. The minimum Gasteiger partial charge on any atom is -0.501 e. The molecule has 1 aromatic carbocycles. The number of hydrogen-bond acceptors (Lipinski definition) is 8. The van der Waals surface area contributed by atoms with Crippen LogP contribution in [-0.2, 0) is 14.3 Å². The monoisotopic (exact) mass is 669 g/mol. The van der Waals surface area contributed by atoms with Gasteiger partial charge in [-0.2, -0.15) is 0 Å². The molecule has 0 saturated heterocycles. The predicted molar refractivity (Wildman–Crippen MR) is 195 cm³/mol. The topological polar surface area (TPSA) is 141 Å². The molecule has 0 radical (unpaired) electrons. The largest absolute Gasteiger partial charge is 0.501 e. The molecule has 45 heavy (non-hydrogen) atoms. The second-order valence-electron chi connectivity index (χ2n) is 12.2. The van der Waals surface area contributed by atoms with Gasteiger partial charge in [-0.3, -0.25) is 4.79 Å². The average molecular weight is 670 g/mol. The van der Waals surface area contributed by atoms with Crippen molar-refractivity contribution in [1.82, 2.24) is 4.98 Å². The number of para-hydroxylation sites is 1. The smallest absolute Gasteiger partial charge is 0.304 e. The molecule has 8 nitrogen and oxygen atoms in total. The lowest BCUT2D eigenvalue weighted by Gasteiger charge is -2.07. The van der Waals surface area contributed by atoms with Crippen LogP contribution >= 0.6 is 23.6 Å². The number of nitrogens with zero attached hydrogens (tertiary/aromatic N) is 1. The van der Waals surface area contributed by atoms with E-state index in [1.165, 1.54) is 75.5 Å². The third-order valence-corrected chi connectivity index (χ3v) is 8.35. The Bertz CT molecular complexity index is 928. The van der Waals surface area contributed by atoms with E-state index in [-0.39, 0.29) is 11.5 Å². The lowest BCUT2D eigenvalue weighted by molar-refractivity contribution is -0.137. The number of carboxylic acid groups (broad SMARTS) is 1. The second-order valence-corrected chi connectivity index (χ2v) is 13.7. The van der Waals surface area contributed by atoms with Gasteiger partial charge >= 0.3 is 5.97 Å². The Labute approximate surface area is 282 Å². The number of fused-ring (bicyclic) bond motifs is 1. The number of thiocarbonyl (C=S) groups is 1. The van der Waals surface area contributed by atoms with Gasteiger partial charge in [0.1, 0.15) is 5.01 Å². The van der Waals surface area contributed by atoms with E-state index in [1.807, 2.05) is 24.3 Å². The third-order valence-electron chi connectivity index (χ3n) is 6.91. The van der Waals surface area contributed by atoms with Gasteiger partial charge in [-0.25, -0.2) is 4.98 Å². The average Bonchev–Trinajstić information content (AvgIpc) is 3.42. The maximum absolute atomic E-state index is 10.7. The number of carboxylic acids is 1. The van der Waals surface area contributed by atoms with Crippen LogP contribution in [0.4, 0.5) is 0 Å². The fourth-order valence-electron chi connectivity index (χ4n) is 4.29. The molecule has 1 heterocycles. The van der Waals surface area contributed by atoms with Crippen molar-refractivity contribution in [3.63, 3.8) is 0 Å². The number of aliphatic hydroxyl groups is 1. The number of aliphatic carboxylic acids is 1. The maximum atomic E-state index is 10.7. The van der Waals surface area contributed by atoms with E-state index >= 15 is 0 Å². The molecule has 2 aromatic rings. The number of ether oxygens (including phenoxy) is 2. The quantitative estimate of drug-likeness (QED) is 0.0638. The number of carbonyl (C=O) groups is 1. The van der Waals surface area contributed by atoms with E-state index in [0.717, 1.165) is 74.4 Å². The molecule has 10 heteroatoms. The van der Waals surface area contributed by atoms with Crippen LogP contribution in [0.15, 0.2) is 24.3 Å². The molecular formula is C35H63N3O5S2. The minimum absolute atomic E-state index is 0.241. The summed E-state index contributed by atoms with van der Waals surface area (Å²) in [6.07, 6.45) is 15.0. The molecule has 2 rings (SSSR count). The van der Waals surface area contributed by atoms with Crippen molar-refractivity contribution in [3.8, 4) is 0 Å². The Morgan fingerprint density at radius 3 is 1.67 bits per heavy atom. The Morgan fingerprint density at radius 1 is 0.778 bits per heavy atom. The highest BCUT2D eigenvalue weighted by Crippen LogP contribution is 2.30. The number of unbranched alkanes of at least 4 members (excludes halogenated alkanes) is 6. The first kappa shape index (κ1) is 43.3. The van der Waals surface area contributed by atoms with Crippen LogP contribution in [0, 0.1) is 11.8 Å². The molecule has 260 valence electrons. The van der Waals surface area contributed by atoms with Crippen molar-refractivity contribution in [2.24, 2.45) is 23.3 Å². The molecule has 0 aliphatic carbocycles. The van der Waals surface area contributed by atoms with Gasteiger partial charge in [-0.1, -0.05) is 91.2 Å². The van der Waals surface area contributed by atoms with E-state index in [2.05, 4.69) is 44.9 Å². The van der Waals surface area contributed by atoms with E-state index in [1.54, 1.807) is 0 Å². The van der Waals surface area contributed by atoms with Gasteiger partial charge in [-0.15, -0.1) is 11.3 Å². The predicted octanol–water partition coefficient (Wildman–Crippen LogP) is 8.66. The summed E-state index contributed by atoms with van der Waals surface area (Å²) in [7, 11) is 0. The normalized spacial score (nSPS) is 11.6. The molecule has 0 aliphatic heterocycles. The summed E-state index contributed by atoms with van der Waals surface area (Å²) in [4.78, 5) is 15.0. The van der Waals surface area contributed by atoms with Crippen LogP contribution in [0.3, 0.4) is 0 Å². The molecule has 0 bridgehead atoms. The van der Waals surface area contributed by atoms with Gasteiger partial charge in [-0.05, 0) is 75.0 Å². The second kappa shape index (κ2) is 29.7. The summed E-state index contributed by atoms with van der Waals surface area (Å²) in [5, 5.41) is 18.4. The summed E-state index contributed by atoms with van der Waals surface area (Å²) >= 11 is 6.03. The highest BCUT2D eigenvalue weighted by atomic mass is 32.1. The zero-order valence-corrected chi connectivity index (χ0v) is 30.1. The van der Waals surface area contributed by atoms with Crippen LogP contribution in [-0.4, -0.2) is 65.7 Å². The maximum Gasteiger partial charge on any atom is 0.304 e. The standard InChI is InChI=1S/2C12H27NO.C11H9NO3S2/c2*1-12(2)8-5-3-4-6-10-14-11-7-9-13;13-9(14)5-6(11(15)16)10-12-7-3-1-2-4-8(7)17-10/h2*12H,3-11,13H2,1-2H3;1-4,6H,5H2,(H,13,14)(H,15,16). The van der Waals surface area contributed by atoms with Crippen molar-refractivity contribution < 1.29 is 24.5 Å². The molecule has 1 atom stereocenters. The number of aliphatic hydroxyl groups excluding tert-OH is 1. The first-order valence-electron chi connectivity index (χ1n) is 17.0. The Morgan fingerprint density at radius 2 is 1.24 bits per heavy atom. The highest BCUT2D eigenvalue weighted by molar-refractivity contribution is 7.80. The fourth-order valence-corrected chi connectivity index (χ4v) is 5.63. The molecule has 0 aliphatic rings. The Balaban J connectivity index is 0.000000652. The number of nitrogens with two attached hydrogens (primary N) is 2. The molecule has 1 unspecified atom stereocenters. The Hall–Kier alpha value is -1.69. The van der Waals surface area contributed by atoms with Crippen LogP contribution in [0.1, 0.15) is 122 Å². The molecule has 0 amide bonds. The van der Waals surface area contributed by atoms with E-state index in [0.29, 0.717) is 5.01 Å². The molecule has 0 saturated carbocycles. The minimum atomic E-state index is -1.01. The van der Waals surface area contributed by atoms with Gasteiger partial charge in [0.2, 0.25) is 0 Å². The van der Waals surface area contributed by atoms with Crippen LogP contribution < -0.4 is 11.5 Å². The van der Waals surface area contributed by atoms with E-state index in [9.17, 15) is 9.90 Å². The van der Waals surface area contributed by atoms with Crippen molar-refractivity contribution in [3.05, 3.63) is 29.3 Å². The van der Waals surface area contributed by atoms with Crippen molar-refractivity contribution >= 4 is 44.8 Å². The highest BCUT2D eigenvalue weighted by Gasteiger charge is 2.23. The molecule has 6 N–H and O–H groups in total. The zero-order chi connectivity index (χ0) is 33.7. The van der Waals surface area contributed by atoms with Gasteiger partial charge < -0.3 is 31.2 Å². The molecular weight excluding hydrogens is 607 g/mol.